The number of primary amides is 1. The molecule has 1 aliphatic heterocycles. The quantitative estimate of drug-likeness (QED) is 0.635. The number of halogens is 2. The molecule has 3 atom stereocenters. The molecule has 2 aromatic rings. The minimum Gasteiger partial charge on any atom is -0.384 e. The lowest BCUT2D eigenvalue weighted by atomic mass is 9.96. The topological polar surface area (TPSA) is 114 Å². The number of carbonyl (C=O) groups is 2. The second-order valence-corrected chi connectivity index (χ2v) is 6.94. The van der Waals surface area contributed by atoms with E-state index in [9.17, 15) is 9.59 Å². The van der Waals surface area contributed by atoms with Crippen LogP contribution in [-0.2, 0) is 16.1 Å². The van der Waals surface area contributed by atoms with Crippen molar-refractivity contribution in [3.63, 3.8) is 0 Å². The van der Waals surface area contributed by atoms with Gasteiger partial charge in [-0.05, 0) is 36.5 Å². The number of anilines is 1. The number of nitrogens with one attached hydrogen (secondary N) is 1. The Hall–Kier alpha value is -2.35. The number of amides is 2. The molecule has 1 saturated heterocycles. The van der Waals surface area contributed by atoms with E-state index >= 15 is 0 Å². The molecule has 5 N–H and O–H groups in total. The van der Waals surface area contributed by atoms with Gasteiger partial charge in [-0.3, -0.25) is 14.5 Å². The predicted molar refractivity (Wildman–Crippen MR) is 118 cm³/mol. The SMILES string of the molecule is C[C@@H](C(=O)NCc1ccc(N)nc1)N1CC(c2ccccc2)CC1C(N)=O.Cl.Cl. The Morgan fingerprint density at radius 2 is 1.90 bits per heavy atom. The molecular weight excluding hydrogens is 413 g/mol. The normalized spacial score (nSPS) is 19.5. The molecule has 7 nitrogen and oxygen atoms in total. The van der Waals surface area contributed by atoms with Crippen LogP contribution in [0.3, 0.4) is 0 Å². The summed E-state index contributed by atoms with van der Waals surface area (Å²) in [7, 11) is 0. The largest absolute Gasteiger partial charge is 0.384 e. The first-order chi connectivity index (χ1) is 13.0. The van der Waals surface area contributed by atoms with Gasteiger partial charge in [0.2, 0.25) is 11.8 Å². The van der Waals surface area contributed by atoms with Crippen molar-refractivity contribution in [3.05, 3.63) is 59.8 Å². The fourth-order valence-electron chi connectivity index (χ4n) is 3.56. The first-order valence-electron chi connectivity index (χ1n) is 9.04. The van der Waals surface area contributed by atoms with Crippen LogP contribution in [0.5, 0.6) is 0 Å². The minimum atomic E-state index is -0.460. The van der Waals surface area contributed by atoms with E-state index in [4.69, 9.17) is 11.5 Å². The van der Waals surface area contributed by atoms with Gasteiger partial charge in [-0.1, -0.05) is 36.4 Å². The zero-order valence-corrected chi connectivity index (χ0v) is 17.8. The van der Waals surface area contributed by atoms with Crippen molar-refractivity contribution < 1.29 is 9.59 Å². The number of pyridine rings is 1. The third-order valence-corrected chi connectivity index (χ3v) is 5.13. The van der Waals surface area contributed by atoms with E-state index in [-0.39, 0.29) is 36.6 Å². The molecule has 1 aromatic carbocycles. The van der Waals surface area contributed by atoms with E-state index in [0.29, 0.717) is 25.3 Å². The number of nitrogens with two attached hydrogens (primary N) is 2. The van der Waals surface area contributed by atoms with Gasteiger partial charge in [0.25, 0.3) is 0 Å². The van der Waals surface area contributed by atoms with Crippen molar-refractivity contribution in [1.29, 1.82) is 0 Å². The van der Waals surface area contributed by atoms with Gasteiger partial charge in [0, 0.05) is 19.3 Å². The molecule has 29 heavy (non-hydrogen) atoms. The number of rotatable bonds is 6. The van der Waals surface area contributed by atoms with Crippen LogP contribution in [0, 0.1) is 0 Å². The van der Waals surface area contributed by atoms with Gasteiger partial charge >= 0.3 is 0 Å². The molecule has 0 aliphatic carbocycles. The number of likely N-dealkylation sites (tertiary alicyclic amines) is 1. The molecule has 2 heterocycles. The molecule has 1 aliphatic rings. The lowest BCUT2D eigenvalue weighted by molar-refractivity contribution is -0.129. The Balaban J connectivity index is 0.00000210. The molecule has 0 spiro atoms. The van der Waals surface area contributed by atoms with Gasteiger partial charge in [-0.2, -0.15) is 0 Å². The van der Waals surface area contributed by atoms with Gasteiger partial charge in [0.05, 0.1) is 12.1 Å². The van der Waals surface area contributed by atoms with Gasteiger partial charge in [0.15, 0.2) is 0 Å². The third-order valence-electron chi connectivity index (χ3n) is 5.13. The zero-order chi connectivity index (χ0) is 19.4. The summed E-state index contributed by atoms with van der Waals surface area (Å²) in [5.74, 6) is 0.0783. The summed E-state index contributed by atoms with van der Waals surface area (Å²) >= 11 is 0. The first-order valence-corrected chi connectivity index (χ1v) is 9.04. The molecule has 158 valence electrons. The minimum absolute atomic E-state index is 0. The van der Waals surface area contributed by atoms with E-state index in [0.717, 1.165) is 11.1 Å². The van der Waals surface area contributed by atoms with Gasteiger partial charge < -0.3 is 16.8 Å². The van der Waals surface area contributed by atoms with Crippen molar-refractivity contribution in [3.8, 4) is 0 Å². The van der Waals surface area contributed by atoms with Crippen LogP contribution in [-0.4, -0.2) is 40.3 Å². The molecule has 0 radical (unpaired) electrons. The Kier molecular flexibility index (Phi) is 9.36. The first kappa shape index (κ1) is 24.7. The lowest BCUT2D eigenvalue weighted by Crippen LogP contribution is -2.51. The Bertz CT molecular complexity index is 804. The zero-order valence-electron chi connectivity index (χ0n) is 16.2. The van der Waals surface area contributed by atoms with E-state index in [2.05, 4.69) is 10.3 Å². The number of hydrogen-bond acceptors (Lipinski definition) is 5. The van der Waals surface area contributed by atoms with E-state index in [1.807, 2.05) is 41.3 Å². The molecule has 2 unspecified atom stereocenters. The Morgan fingerprint density at radius 1 is 1.21 bits per heavy atom. The number of hydrogen-bond donors (Lipinski definition) is 3. The molecule has 9 heteroatoms. The molecule has 0 saturated carbocycles. The maximum Gasteiger partial charge on any atom is 0.237 e. The van der Waals surface area contributed by atoms with Gasteiger partial charge in [-0.15, -0.1) is 24.8 Å². The summed E-state index contributed by atoms with van der Waals surface area (Å²) in [6, 6.07) is 12.6. The standard InChI is InChI=1S/C20H25N5O2.2ClH/c1-13(20(27)24-11-14-7-8-18(21)23-10-14)25-12-16(9-17(25)19(22)26)15-5-3-2-4-6-15;;/h2-8,10,13,16-17H,9,11-12H2,1H3,(H2,21,23)(H2,22,26)(H,24,27);2*1H/t13-,16?,17?;;/m0../s1. The van der Waals surface area contributed by atoms with Crippen LogP contribution in [0.25, 0.3) is 0 Å². The van der Waals surface area contributed by atoms with Crippen molar-refractivity contribution >= 4 is 42.4 Å². The maximum atomic E-state index is 12.6. The summed E-state index contributed by atoms with van der Waals surface area (Å²) in [4.78, 5) is 30.5. The fraction of sp³-hybridized carbons (Fsp3) is 0.350. The number of nitrogens with zero attached hydrogens (tertiary/aromatic N) is 2. The molecule has 1 fully saturated rings. The molecule has 2 amide bonds. The molecule has 1 aromatic heterocycles. The number of carbonyl (C=O) groups excluding carboxylic acids is 2. The Labute approximate surface area is 183 Å². The maximum absolute atomic E-state index is 12.6. The summed E-state index contributed by atoms with van der Waals surface area (Å²) in [5, 5.41) is 2.90. The second-order valence-electron chi connectivity index (χ2n) is 6.94. The lowest BCUT2D eigenvalue weighted by Gasteiger charge is -2.28. The highest BCUT2D eigenvalue weighted by atomic mass is 35.5. The van der Waals surface area contributed by atoms with Gasteiger partial charge in [0.1, 0.15) is 5.82 Å². The summed E-state index contributed by atoms with van der Waals surface area (Å²) in [6.45, 7) is 2.78. The van der Waals surface area contributed by atoms with Crippen molar-refractivity contribution in [2.45, 2.75) is 37.9 Å². The van der Waals surface area contributed by atoms with Crippen molar-refractivity contribution in [2.75, 3.05) is 12.3 Å². The van der Waals surface area contributed by atoms with Crippen molar-refractivity contribution in [2.24, 2.45) is 5.73 Å². The second kappa shape index (κ2) is 11.0. The van der Waals surface area contributed by atoms with Crippen LogP contribution in [0.4, 0.5) is 5.82 Å². The van der Waals surface area contributed by atoms with Crippen LogP contribution < -0.4 is 16.8 Å². The van der Waals surface area contributed by atoms with E-state index in [1.165, 1.54) is 0 Å². The van der Waals surface area contributed by atoms with Crippen LogP contribution >= 0.6 is 24.8 Å². The number of benzene rings is 1. The smallest absolute Gasteiger partial charge is 0.237 e. The third kappa shape index (κ3) is 6.06. The molecular formula is C20H27Cl2N5O2. The van der Waals surface area contributed by atoms with E-state index in [1.54, 1.807) is 19.2 Å². The van der Waals surface area contributed by atoms with Crippen molar-refractivity contribution in [1.82, 2.24) is 15.2 Å². The monoisotopic (exact) mass is 439 g/mol. The average Bonchev–Trinajstić information content (AvgIpc) is 3.13. The molecule has 0 bridgehead atoms. The van der Waals surface area contributed by atoms with Crippen LogP contribution in [0.15, 0.2) is 48.7 Å². The predicted octanol–water partition coefficient (Wildman–Crippen LogP) is 1.86. The van der Waals surface area contributed by atoms with Gasteiger partial charge in [-0.25, -0.2) is 4.98 Å². The highest BCUT2D eigenvalue weighted by molar-refractivity contribution is 5.86. The number of nitrogen functional groups attached to an aromatic ring is 1. The Morgan fingerprint density at radius 3 is 2.48 bits per heavy atom. The average molecular weight is 440 g/mol. The van der Waals surface area contributed by atoms with Crippen LogP contribution in [0.2, 0.25) is 0 Å². The molecule has 3 rings (SSSR count). The highest BCUT2D eigenvalue weighted by Crippen LogP contribution is 2.33. The van der Waals surface area contributed by atoms with E-state index < -0.39 is 18.0 Å². The summed E-state index contributed by atoms with van der Waals surface area (Å²) in [5.41, 5.74) is 13.2. The highest BCUT2D eigenvalue weighted by Gasteiger charge is 2.40. The summed E-state index contributed by atoms with van der Waals surface area (Å²) in [6.07, 6.45) is 2.26. The van der Waals surface area contributed by atoms with Crippen LogP contribution in [0.1, 0.15) is 30.4 Å². The fourth-order valence-corrected chi connectivity index (χ4v) is 3.56. The number of aromatic nitrogens is 1. The summed E-state index contributed by atoms with van der Waals surface area (Å²) < 4.78 is 0.